The number of thioether (sulfide) groups is 1. The molecule has 0 spiro atoms. The number of aliphatic carboxylic acids is 2. The normalized spacial score (nSPS) is 14.0. The second-order valence-electron chi connectivity index (χ2n) is 8.82. The fourth-order valence-electron chi connectivity index (χ4n) is 3.58. The summed E-state index contributed by atoms with van der Waals surface area (Å²) < 4.78 is 0. The van der Waals surface area contributed by atoms with Gasteiger partial charge in [-0.1, -0.05) is 30.3 Å². The first-order chi connectivity index (χ1) is 18.1. The Balaban J connectivity index is 2.98. The van der Waals surface area contributed by atoms with Crippen LogP contribution in [0.15, 0.2) is 30.3 Å². The van der Waals surface area contributed by atoms with E-state index in [0.717, 1.165) is 5.56 Å². The van der Waals surface area contributed by atoms with Crippen LogP contribution in [0.2, 0.25) is 0 Å². The van der Waals surface area contributed by atoms with Crippen molar-refractivity contribution in [3.05, 3.63) is 35.9 Å². The van der Waals surface area contributed by atoms with E-state index in [-0.39, 0.29) is 25.7 Å². The first kappa shape index (κ1) is 32.9. The SMILES string of the molecule is CSCCC(NC(=O)C(CCC(=O)O)NC(=O)C(CCCCN)NC(=O)C(N)Cc1ccccc1)C(=O)O. The summed E-state index contributed by atoms with van der Waals surface area (Å²) in [5.74, 6) is -4.04. The Morgan fingerprint density at radius 3 is 1.97 bits per heavy atom. The standard InChI is InChI=1S/C25H39N5O7S/c1-38-14-12-20(25(36)37)30-24(35)19(10-11-21(31)32)29-23(34)18(9-5-6-13-26)28-22(33)17(27)15-16-7-3-2-4-8-16/h2-4,7-8,17-20H,5-6,9-15,26-27H2,1H3,(H,28,33)(H,29,34)(H,30,35)(H,31,32)(H,36,37). The van der Waals surface area contributed by atoms with Gasteiger partial charge in [0.15, 0.2) is 0 Å². The highest BCUT2D eigenvalue weighted by Gasteiger charge is 2.30. The number of hydrogen-bond acceptors (Lipinski definition) is 8. The molecule has 9 N–H and O–H groups in total. The zero-order valence-corrected chi connectivity index (χ0v) is 22.4. The Bertz CT molecular complexity index is 919. The Morgan fingerprint density at radius 2 is 1.42 bits per heavy atom. The van der Waals surface area contributed by atoms with Gasteiger partial charge in [-0.2, -0.15) is 11.8 Å². The number of amides is 3. The molecule has 0 saturated heterocycles. The minimum Gasteiger partial charge on any atom is -0.481 e. The molecule has 0 aliphatic heterocycles. The third kappa shape index (κ3) is 12.9. The summed E-state index contributed by atoms with van der Waals surface area (Å²) in [6.07, 6.45) is 2.80. The van der Waals surface area contributed by atoms with E-state index in [2.05, 4.69) is 16.0 Å². The molecule has 4 atom stereocenters. The highest BCUT2D eigenvalue weighted by Crippen LogP contribution is 2.08. The van der Waals surface area contributed by atoms with Crippen molar-refractivity contribution in [2.24, 2.45) is 11.5 Å². The van der Waals surface area contributed by atoms with Crippen LogP contribution in [-0.4, -0.2) is 82.6 Å². The number of nitrogens with two attached hydrogens (primary N) is 2. The number of carbonyl (C=O) groups is 5. The monoisotopic (exact) mass is 553 g/mol. The fraction of sp³-hybridized carbons (Fsp3) is 0.560. The lowest BCUT2D eigenvalue weighted by atomic mass is 10.0. The van der Waals surface area contributed by atoms with Crippen molar-refractivity contribution < 1.29 is 34.2 Å². The summed E-state index contributed by atoms with van der Waals surface area (Å²) in [5, 5.41) is 26.0. The van der Waals surface area contributed by atoms with Crippen LogP contribution in [0, 0.1) is 0 Å². The zero-order chi connectivity index (χ0) is 28.5. The summed E-state index contributed by atoms with van der Waals surface area (Å²) in [6, 6.07) is 4.64. The second-order valence-corrected chi connectivity index (χ2v) is 9.80. The van der Waals surface area contributed by atoms with Gasteiger partial charge in [0.25, 0.3) is 0 Å². The number of nitrogens with one attached hydrogen (secondary N) is 3. The van der Waals surface area contributed by atoms with Crippen LogP contribution in [0.25, 0.3) is 0 Å². The summed E-state index contributed by atoms with van der Waals surface area (Å²) in [7, 11) is 0. The Morgan fingerprint density at radius 1 is 0.842 bits per heavy atom. The van der Waals surface area contributed by atoms with Crippen molar-refractivity contribution in [1.29, 1.82) is 0 Å². The van der Waals surface area contributed by atoms with Crippen LogP contribution in [0.3, 0.4) is 0 Å². The van der Waals surface area contributed by atoms with Crippen LogP contribution in [0.1, 0.15) is 44.1 Å². The largest absolute Gasteiger partial charge is 0.481 e. The van der Waals surface area contributed by atoms with Gasteiger partial charge in [-0.25, -0.2) is 4.79 Å². The van der Waals surface area contributed by atoms with E-state index >= 15 is 0 Å². The topological polar surface area (TPSA) is 214 Å². The van der Waals surface area contributed by atoms with Gasteiger partial charge in [0.05, 0.1) is 6.04 Å². The highest BCUT2D eigenvalue weighted by molar-refractivity contribution is 7.98. The number of carboxylic acids is 2. The van der Waals surface area contributed by atoms with E-state index < -0.39 is 60.2 Å². The fourth-order valence-corrected chi connectivity index (χ4v) is 4.05. The lowest BCUT2D eigenvalue weighted by molar-refractivity contribution is -0.143. The van der Waals surface area contributed by atoms with Gasteiger partial charge in [-0.15, -0.1) is 0 Å². The van der Waals surface area contributed by atoms with Gasteiger partial charge in [0, 0.05) is 6.42 Å². The maximum Gasteiger partial charge on any atom is 0.326 e. The van der Waals surface area contributed by atoms with Crippen molar-refractivity contribution in [3.63, 3.8) is 0 Å². The quantitative estimate of drug-likeness (QED) is 0.112. The van der Waals surface area contributed by atoms with Gasteiger partial charge in [0.1, 0.15) is 18.1 Å². The van der Waals surface area contributed by atoms with Crippen LogP contribution < -0.4 is 27.4 Å². The number of unbranched alkanes of at least 4 members (excludes halogenated alkanes) is 1. The number of benzene rings is 1. The predicted molar refractivity (Wildman–Crippen MR) is 144 cm³/mol. The average Bonchev–Trinajstić information content (AvgIpc) is 2.88. The van der Waals surface area contributed by atoms with E-state index in [4.69, 9.17) is 16.6 Å². The molecule has 0 aliphatic carbocycles. The Kier molecular flexibility index (Phi) is 15.7. The van der Waals surface area contributed by atoms with Crippen molar-refractivity contribution in [2.75, 3.05) is 18.6 Å². The number of hydrogen-bond donors (Lipinski definition) is 7. The summed E-state index contributed by atoms with van der Waals surface area (Å²) >= 11 is 1.41. The van der Waals surface area contributed by atoms with E-state index in [0.29, 0.717) is 25.1 Å². The van der Waals surface area contributed by atoms with E-state index in [9.17, 15) is 29.1 Å². The highest BCUT2D eigenvalue weighted by atomic mass is 32.2. The average molecular weight is 554 g/mol. The number of carboxylic acid groups (broad SMARTS) is 2. The molecule has 38 heavy (non-hydrogen) atoms. The molecule has 0 fully saturated rings. The van der Waals surface area contributed by atoms with Crippen LogP contribution >= 0.6 is 11.8 Å². The lowest BCUT2D eigenvalue weighted by Gasteiger charge is -2.25. The van der Waals surface area contributed by atoms with Crippen LogP contribution in [0.5, 0.6) is 0 Å². The molecule has 0 heterocycles. The molecule has 0 aromatic heterocycles. The minimum absolute atomic E-state index is 0.152. The van der Waals surface area contributed by atoms with Gasteiger partial charge in [0.2, 0.25) is 17.7 Å². The molecule has 0 aliphatic rings. The molecule has 3 amide bonds. The number of rotatable bonds is 19. The molecule has 13 heteroatoms. The van der Waals surface area contributed by atoms with Gasteiger partial charge in [-0.3, -0.25) is 19.2 Å². The molecule has 12 nitrogen and oxygen atoms in total. The third-order valence-electron chi connectivity index (χ3n) is 5.72. The molecule has 0 saturated carbocycles. The molecule has 0 bridgehead atoms. The second kappa shape index (κ2) is 18.2. The zero-order valence-electron chi connectivity index (χ0n) is 21.6. The molecule has 4 unspecified atom stereocenters. The molecule has 1 rings (SSSR count). The molecule has 212 valence electrons. The van der Waals surface area contributed by atoms with Crippen molar-refractivity contribution in [3.8, 4) is 0 Å². The maximum atomic E-state index is 13.2. The first-order valence-corrected chi connectivity index (χ1v) is 13.8. The molecule has 1 aromatic carbocycles. The molecular weight excluding hydrogens is 514 g/mol. The molecule has 1 aromatic rings. The summed E-state index contributed by atoms with van der Waals surface area (Å²) in [4.78, 5) is 61.5. The van der Waals surface area contributed by atoms with Crippen LogP contribution in [-0.2, 0) is 30.4 Å². The van der Waals surface area contributed by atoms with E-state index in [1.165, 1.54) is 11.8 Å². The lowest BCUT2D eigenvalue weighted by Crippen LogP contribution is -2.57. The number of carbonyl (C=O) groups excluding carboxylic acids is 3. The van der Waals surface area contributed by atoms with Gasteiger partial charge in [-0.05, 0) is 62.6 Å². The van der Waals surface area contributed by atoms with Crippen molar-refractivity contribution in [2.45, 2.75) is 69.1 Å². The van der Waals surface area contributed by atoms with Crippen molar-refractivity contribution in [1.82, 2.24) is 16.0 Å². The smallest absolute Gasteiger partial charge is 0.326 e. The van der Waals surface area contributed by atoms with E-state index in [1.54, 1.807) is 6.26 Å². The summed E-state index contributed by atoms with van der Waals surface area (Å²) in [5.41, 5.74) is 12.5. The predicted octanol–water partition coefficient (Wildman–Crippen LogP) is -0.158. The van der Waals surface area contributed by atoms with Crippen LogP contribution in [0.4, 0.5) is 0 Å². The molecular formula is C25H39N5O7S. The Labute approximate surface area is 226 Å². The van der Waals surface area contributed by atoms with Gasteiger partial charge < -0.3 is 37.6 Å². The molecule has 0 radical (unpaired) electrons. The van der Waals surface area contributed by atoms with Crippen molar-refractivity contribution >= 4 is 41.4 Å². The van der Waals surface area contributed by atoms with Gasteiger partial charge >= 0.3 is 11.9 Å². The third-order valence-corrected chi connectivity index (χ3v) is 6.36. The Hall–Kier alpha value is -3.16. The van der Waals surface area contributed by atoms with E-state index in [1.807, 2.05) is 30.3 Å². The maximum absolute atomic E-state index is 13.2. The first-order valence-electron chi connectivity index (χ1n) is 12.4. The minimum atomic E-state index is -1.32. The summed E-state index contributed by atoms with van der Waals surface area (Å²) in [6.45, 7) is 0.381.